The molecule has 2 saturated carbocycles. The Morgan fingerprint density at radius 3 is 2.33 bits per heavy atom. The van der Waals surface area contributed by atoms with E-state index in [2.05, 4.69) is 76.0 Å². The molecule has 1 spiro atoms. The number of hydrogen-bond acceptors (Lipinski definition) is 11. The van der Waals surface area contributed by atoms with E-state index < -0.39 is 6.03 Å². The second-order valence-electron chi connectivity index (χ2n) is 22.2. The Morgan fingerprint density at radius 1 is 0.880 bits per heavy atom. The van der Waals surface area contributed by atoms with Gasteiger partial charge in [-0.05, 0) is 168 Å². The van der Waals surface area contributed by atoms with E-state index in [4.69, 9.17) is 37.9 Å². The fourth-order valence-electron chi connectivity index (χ4n) is 12.7. The quantitative estimate of drug-likeness (QED) is 0.117. The summed E-state index contributed by atoms with van der Waals surface area (Å²) < 4.78 is 6.03. The molecule has 5 aromatic rings. The zero-order valence-electron chi connectivity index (χ0n) is 44.1. The number of halogens is 2. The van der Waals surface area contributed by atoms with Crippen molar-refractivity contribution in [3.63, 3.8) is 0 Å². The molecule has 3 aliphatic heterocycles. The van der Waals surface area contributed by atoms with Crippen LogP contribution in [-0.4, -0.2) is 127 Å². The van der Waals surface area contributed by atoms with Crippen LogP contribution < -0.4 is 20.3 Å². The number of methoxy groups -OCH3 is 1. The van der Waals surface area contributed by atoms with Crippen molar-refractivity contribution in [2.24, 2.45) is 17.3 Å². The Bertz CT molecular complexity index is 2930. The second-order valence-corrected chi connectivity index (χ2v) is 23.9. The minimum Gasteiger partial charge on any atom is -0.496 e. The van der Waals surface area contributed by atoms with Gasteiger partial charge in [0.15, 0.2) is 0 Å². The lowest BCUT2D eigenvalue weighted by Crippen LogP contribution is -2.52. The van der Waals surface area contributed by atoms with Crippen molar-refractivity contribution in [3.05, 3.63) is 97.4 Å². The first-order chi connectivity index (χ1) is 36.1. The fourth-order valence-corrected chi connectivity index (χ4v) is 14.1. The zero-order valence-corrected chi connectivity index (χ0v) is 46.4. The molecule has 398 valence electrons. The Kier molecular flexibility index (Phi) is 16.1. The van der Waals surface area contributed by atoms with Crippen molar-refractivity contribution in [1.82, 2.24) is 34.9 Å². The lowest BCUT2D eigenvalue weighted by molar-refractivity contribution is -0.138. The Balaban J connectivity index is 0.689. The number of piperazine rings is 1. The predicted molar refractivity (Wildman–Crippen MR) is 299 cm³/mol. The summed E-state index contributed by atoms with van der Waals surface area (Å²) in [4.78, 5) is 73.2. The average Bonchev–Trinajstić information content (AvgIpc) is 3.89. The zero-order chi connectivity index (χ0) is 52.5. The monoisotopic (exact) mass is 1080 g/mol. The van der Waals surface area contributed by atoms with Crippen LogP contribution >= 0.6 is 34.5 Å². The molecule has 14 nitrogen and oxygen atoms in total. The molecule has 2 aromatic heterocycles. The number of hydrogen-bond donors (Lipinski definition) is 2. The van der Waals surface area contributed by atoms with Gasteiger partial charge >= 0.3 is 6.03 Å². The number of aryl methyl sites for hydroxylation is 1. The van der Waals surface area contributed by atoms with Gasteiger partial charge in [-0.3, -0.25) is 29.5 Å². The Labute approximate surface area is 455 Å². The van der Waals surface area contributed by atoms with Crippen LogP contribution in [0.15, 0.2) is 60.0 Å². The maximum absolute atomic E-state index is 14.1. The Morgan fingerprint density at radius 2 is 1.63 bits per heavy atom. The first kappa shape index (κ1) is 53.1. The number of imide groups is 1. The molecule has 3 saturated heterocycles. The van der Waals surface area contributed by atoms with E-state index in [1.165, 1.54) is 41.0 Å². The normalized spacial score (nSPS) is 21.2. The molecule has 10 rings (SSSR count). The van der Waals surface area contributed by atoms with E-state index >= 15 is 0 Å². The number of nitrogens with zero attached hydrogens (tertiary/aromatic N) is 7. The maximum Gasteiger partial charge on any atom is 0.328 e. The van der Waals surface area contributed by atoms with Crippen molar-refractivity contribution in [1.29, 1.82) is 0 Å². The lowest BCUT2D eigenvalue weighted by atomic mass is 9.65. The molecule has 0 unspecified atom stereocenters. The van der Waals surface area contributed by atoms with Crippen LogP contribution in [-0.2, 0) is 16.1 Å². The number of aromatic nitrogens is 2. The van der Waals surface area contributed by atoms with Gasteiger partial charge in [0, 0.05) is 104 Å². The molecule has 5 heterocycles. The SMILES string of the molecule is COc1cc2nc(C)nc(N[C@H](C)c3cc(-c4c(Cl)cccc4CN(C)C)cs3)c2cc1C1CCC(C(=O)N2CCN(CC3CCC4(CC3)CCN(C(=O)c3ccc(Cl)c(N5CCC(=O)NC5=O)c3)CC4)CC2)CC1. The summed E-state index contributed by atoms with van der Waals surface area (Å²) in [6.07, 6.45) is 10.5. The third-order valence-electron chi connectivity index (χ3n) is 17.0. The number of anilines is 2. The van der Waals surface area contributed by atoms with Gasteiger partial charge in [0.1, 0.15) is 17.4 Å². The number of thiophene rings is 1. The molecule has 17 heteroatoms. The minimum absolute atomic E-state index is 0.0139. The fraction of sp³-hybridized carbons (Fsp3) is 0.517. The van der Waals surface area contributed by atoms with Gasteiger partial charge in [0.05, 0.1) is 29.4 Å². The number of urea groups is 1. The molecule has 5 fully saturated rings. The first-order valence-corrected chi connectivity index (χ1v) is 28.6. The van der Waals surface area contributed by atoms with E-state index in [0.717, 1.165) is 122 Å². The van der Waals surface area contributed by atoms with Crippen LogP contribution in [0.3, 0.4) is 0 Å². The number of likely N-dealkylation sites (tertiary alicyclic amines) is 1. The molecule has 1 atom stereocenters. The highest BCUT2D eigenvalue weighted by Crippen LogP contribution is 2.48. The molecule has 5 amide bonds. The van der Waals surface area contributed by atoms with Gasteiger partial charge in [-0.25, -0.2) is 14.8 Å². The molecule has 75 heavy (non-hydrogen) atoms. The van der Waals surface area contributed by atoms with Gasteiger partial charge in [0.2, 0.25) is 11.8 Å². The van der Waals surface area contributed by atoms with Crippen LogP contribution in [0.25, 0.3) is 22.0 Å². The molecule has 3 aromatic carbocycles. The van der Waals surface area contributed by atoms with Crippen molar-refractivity contribution in [2.75, 3.05) is 83.8 Å². The third-order valence-corrected chi connectivity index (χ3v) is 18.7. The van der Waals surface area contributed by atoms with Crippen molar-refractivity contribution >= 4 is 80.7 Å². The topological polar surface area (TPSA) is 144 Å². The van der Waals surface area contributed by atoms with E-state index in [1.807, 2.05) is 24.0 Å². The van der Waals surface area contributed by atoms with Gasteiger partial charge in [0.25, 0.3) is 5.91 Å². The number of benzene rings is 3. The Hall–Kier alpha value is -5.32. The number of ether oxygens (including phenoxy) is 1. The number of amides is 5. The number of nitrogens with one attached hydrogen (secondary N) is 2. The highest BCUT2D eigenvalue weighted by atomic mass is 35.5. The number of piperidine rings is 1. The van der Waals surface area contributed by atoms with Crippen LogP contribution in [0.4, 0.5) is 16.3 Å². The summed E-state index contributed by atoms with van der Waals surface area (Å²) >= 11 is 15.0. The van der Waals surface area contributed by atoms with E-state index in [1.54, 1.807) is 36.6 Å². The second kappa shape index (κ2) is 22.7. The van der Waals surface area contributed by atoms with Crippen molar-refractivity contribution in [2.45, 2.75) is 103 Å². The van der Waals surface area contributed by atoms with Gasteiger partial charge in [-0.1, -0.05) is 35.3 Å². The van der Waals surface area contributed by atoms with E-state index in [9.17, 15) is 19.2 Å². The summed E-state index contributed by atoms with van der Waals surface area (Å²) in [6.45, 7) is 11.1. The van der Waals surface area contributed by atoms with Gasteiger partial charge in [-0.15, -0.1) is 11.3 Å². The van der Waals surface area contributed by atoms with E-state index in [-0.39, 0.29) is 48.1 Å². The van der Waals surface area contributed by atoms with Crippen molar-refractivity contribution in [3.8, 4) is 16.9 Å². The smallest absolute Gasteiger partial charge is 0.328 e. The lowest BCUT2D eigenvalue weighted by Gasteiger charge is -2.47. The van der Waals surface area contributed by atoms with Gasteiger partial charge < -0.3 is 24.8 Å². The minimum atomic E-state index is -0.522. The molecule has 0 radical (unpaired) electrons. The summed E-state index contributed by atoms with van der Waals surface area (Å²) in [5.74, 6) is 3.24. The summed E-state index contributed by atoms with van der Waals surface area (Å²) in [6, 6.07) is 17.2. The number of rotatable bonds is 13. The maximum atomic E-state index is 14.1. The average molecular weight is 1080 g/mol. The van der Waals surface area contributed by atoms with Gasteiger partial charge in [-0.2, -0.15) is 0 Å². The third kappa shape index (κ3) is 11.7. The van der Waals surface area contributed by atoms with Crippen LogP contribution in [0.1, 0.15) is 122 Å². The highest BCUT2D eigenvalue weighted by molar-refractivity contribution is 7.10. The first-order valence-electron chi connectivity index (χ1n) is 27.0. The molecule has 5 aliphatic rings. The van der Waals surface area contributed by atoms with Crippen molar-refractivity contribution < 1.29 is 23.9 Å². The number of fused-ring (bicyclic) bond motifs is 1. The largest absolute Gasteiger partial charge is 0.496 e. The van der Waals surface area contributed by atoms with E-state index in [0.29, 0.717) is 47.0 Å². The number of carbonyl (C=O) groups excluding carboxylic acids is 4. The summed E-state index contributed by atoms with van der Waals surface area (Å²) in [5.41, 5.74) is 6.62. The molecule has 0 bridgehead atoms. The molecule has 2 N–H and O–H groups in total. The van der Waals surface area contributed by atoms with Crippen LogP contribution in [0, 0.1) is 24.2 Å². The number of carbonyl (C=O) groups is 4. The molecule has 2 aliphatic carbocycles. The van der Waals surface area contributed by atoms with Crippen LogP contribution in [0.5, 0.6) is 5.75 Å². The summed E-state index contributed by atoms with van der Waals surface area (Å²) in [7, 11) is 5.88. The molecular formula is C58H71Cl2N9O5S. The molecular weight excluding hydrogens is 1010 g/mol. The predicted octanol–water partition coefficient (Wildman–Crippen LogP) is 11.2. The summed E-state index contributed by atoms with van der Waals surface area (Å²) in [5, 5.41) is 10.4. The standard InChI is InChI=1S/C58H71Cl2N9O5S/c1-36(51-30-43(35-75-51)53-42(34-65(3)4)7-6-8-47(53)60)61-54-45-31-44(50(74-5)32-48(45)62-37(2)63-54)39-9-11-40(12-10-39)55(71)68-27-25-66(26-28-68)33-38-15-18-58(19-16-38)20-23-67(24-21-58)56(72)41-13-14-46(59)49(29-41)69-22-17-52(70)64-57(69)73/h6-8,13-14,29-32,35-36,38-40H,9-12,15-28,33-34H2,1-5H3,(H,61,62,63)(H,64,70,73)/t36-,39?,40?/m1/s1. The van der Waals surface area contributed by atoms with Crippen LogP contribution in [0.2, 0.25) is 10.0 Å². The highest BCUT2D eigenvalue weighted by Gasteiger charge is 2.40.